The standard InChI is InChI=1S/C12H19N3O/c1-4-6-7-8-13-11-10(3)12(16-5-2)15-9-14-11/h4,6,9H,5,7-8H2,1-3H3,(H,13,14,15)/b6-4+. The fraction of sp³-hybridized carbons (Fsp3) is 0.500. The molecule has 0 bridgehead atoms. The summed E-state index contributed by atoms with van der Waals surface area (Å²) in [5, 5.41) is 3.26. The van der Waals surface area contributed by atoms with Crippen molar-refractivity contribution in [3.63, 3.8) is 0 Å². The Morgan fingerprint density at radius 2 is 2.25 bits per heavy atom. The van der Waals surface area contributed by atoms with E-state index >= 15 is 0 Å². The minimum Gasteiger partial charge on any atom is -0.478 e. The van der Waals surface area contributed by atoms with Crippen LogP contribution >= 0.6 is 0 Å². The topological polar surface area (TPSA) is 47.0 Å². The molecule has 0 aromatic carbocycles. The molecule has 4 heteroatoms. The number of hydrogen-bond acceptors (Lipinski definition) is 4. The minimum atomic E-state index is 0.621. The molecule has 1 heterocycles. The molecule has 0 amide bonds. The van der Waals surface area contributed by atoms with Gasteiger partial charge in [0.1, 0.15) is 12.1 Å². The van der Waals surface area contributed by atoms with Crippen molar-refractivity contribution in [2.24, 2.45) is 0 Å². The molecule has 4 nitrogen and oxygen atoms in total. The van der Waals surface area contributed by atoms with Crippen molar-refractivity contribution < 1.29 is 4.74 Å². The second kappa shape index (κ2) is 6.82. The van der Waals surface area contributed by atoms with E-state index in [0.717, 1.165) is 24.3 Å². The van der Waals surface area contributed by atoms with Crippen LogP contribution in [0.2, 0.25) is 0 Å². The molecule has 1 aromatic rings. The molecule has 0 unspecified atom stereocenters. The molecule has 0 aliphatic rings. The highest BCUT2D eigenvalue weighted by Gasteiger charge is 2.06. The van der Waals surface area contributed by atoms with Crippen LogP contribution in [-0.4, -0.2) is 23.1 Å². The van der Waals surface area contributed by atoms with Gasteiger partial charge in [-0.2, -0.15) is 0 Å². The molecule has 0 atom stereocenters. The first kappa shape index (κ1) is 12.5. The highest BCUT2D eigenvalue weighted by Crippen LogP contribution is 2.19. The Kier molecular flexibility index (Phi) is 5.32. The lowest BCUT2D eigenvalue weighted by molar-refractivity contribution is 0.324. The van der Waals surface area contributed by atoms with Gasteiger partial charge in [-0.25, -0.2) is 9.97 Å². The van der Waals surface area contributed by atoms with Gasteiger partial charge in [-0.1, -0.05) is 12.2 Å². The van der Waals surface area contributed by atoms with Gasteiger partial charge in [0, 0.05) is 6.54 Å². The predicted octanol–water partition coefficient (Wildman–Crippen LogP) is 2.56. The zero-order chi connectivity index (χ0) is 11.8. The summed E-state index contributed by atoms with van der Waals surface area (Å²) in [5.41, 5.74) is 0.963. The molecule has 1 N–H and O–H groups in total. The van der Waals surface area contributed by atoms with E-state index < -0.39 is 0 Å². The summed E-state index contributed by atoms with van der Waals surface area (Å²) < 4.78 is 5.40. The molecule has 0 saturated heterocycles. The monoisotopic (exact) mass is 221 g/mol. The summed E-state index contributed by atoms with van der Waals surface area (Å²) >= 11 is 0. The third kappa shape index (κ3) is 3.53. The number of hydrogen-bond donors (Lipinski definition) is 1. The summed E-state index contributed by atoms with van der Waals surface area (Å²) in [6, 6.07) is 0. The Balaban J connectivity index is 2.61. The summed E-state index contributed by atoms with van der Waals surface area (Å²) in [6.07, 6.45) is 6.67. The van der Waals surface area contributed by atoms with E-state index in [2.05, 4.69) is 21.4 Å². The summed E-state index contributed by atoms with van der Waals surface area (Å²) in [7, 11) is 0. The molecule has 0 aliphatic heterocycles. The Labute approximate surface area is 96.8 Å². The molecule has 0 aliphatic carbocycles. The normalized spacial score (nSPS) is 10.7. The molecule has 0 saturated carbocycles. The van der Waals surface area contributed by atoms with Gasteiger partial charge in [0.05, 0.1) is 12.2 Å². The van der Waals surface area contributed by atoms with E-state index in [1.165, 1.54) is 6.33 Å². The molecule has 0 spiro atoms. The van der Waals surface area contributed by atoms with E-state index in [4.69, 9.17) is 4.74 Å². The first-order valence-electron chi connectivity index (χ1n) is 5.59. The van der Waals surface area contributed by atoms with E-state index in [1.807, 2.05) is 26.8 Å². The van der Waals surface area contributed by atoms with Crippen LogP contribution in [0.3, 0.4) is 0 Å². The van der Waals surface area contributed by atoms with Gasteiger partial charge in [0.25, 0.3) is 0 Å². The third-order valence-corrected chi connectivity index (χ3v) is 2.16. The number of ether oxygens (including phenoxy) is 1. The lowest BCUT2D eigenvalue weighted by Gasteiger charge is -2.10. The van der Waals surface area contributed by atoms with E-state index in [0.29, 0.717) is 12.5 Å². The molecule has 0 radical (unpaired) electrons. The number of rotatable bonds is 6. The first-order chi connectivity index (χ1) is 7.79. The van der Waals surface area contributed by atoms with Gasteiger partial charge < -0.3 is 10.1 Å². The number of nitrogens with zero attached hydrogens (tertiary/aromatic N) is 2. The van der Waals surface area contributed by atoms with Gasteiger partial charge in [0.15, 0.2) is 0 Å². The van der Waals surface area contributed by atoms with Crippen molar-refractivity contribution >= 4 is 5.82 Å². The maximum atomic E-state index is 5.40. The van der Waals surface area contributed by atoms with Crippen LogP contribution in [0.15, 0.2) is 18.5 Å². The average molecular weight is 221 g/mol. The first-order valence-corrected chi connectivity index (χ1v) is 5.59. The van der Waals surface area contributed by atoms with Crippen LogP contribution in [-0.2, 0) is 0 Å². The van der Waals surface area contributed by atoms with Crippen LogP contribution < -0.4 is 10.1 Å². The van der Waals surface area contributed by atoms with Gasteiger partial charge >= 0.3 is 0 Å². The van der Waals surface area contributed by atoms with Crippen molar-refractivity contribution in [1.29, 1.82) is 0 Å². The van der Waals surface area contributed by atoms with Crippen molar-refractivity contribution in [2.75, 3.05) is 18.5 Å². The van der Waals surface area contributed by atoms with Crippen LogP contribution in [0.1, 0.15) is 25.8 Å². The van der Waals surface area contributed by atoms with Crippen molar-refractivity contribution in [3.05, 3.63) is 24.0 Å². The maximum absolute atomic E-state index is 5.40. The van der Waals surface area contributed by atoms with Crippen LogP contribution in [0.4, 0.5) is 5.82 Å². The number of anilines is 1. The number of nitrogens with one attached hydrogen (secondary N) is 1. The Morgan fingerprint density at radius 1 is 1.44 bits per heavy atom. The quantitative estimate of drug-likeness (QED) is 0.592. The highest BCUT2D eigenvalue weighted by atomic mass is 16.5. The fourth-order valence-corrected chi connectivity index (χ4v) is 1.34. The Hall–Kier alpha value is -1.58. The minimum absolute atomic E-state index is 0.621. The Morgan fingerprint density at radius 3 is 2.94 bits per heavy atom. The molecule has 1 aromatic heterocycles. The molecule has 0 fully saturated rings. The fourth-order valence-electron chi connectivity index (χ4n) is 1.34. The smallest absolute Gasteiger partial charge is 0.221 e. The van der Waals surface area contributed by atoms with Crippen LogP contribution in [0.25, 0.3) is 0 Å². The summed E-state index contributed by atoms with van der Waals surface area (Å²) in [4.78, 5) is 8.28. The lowest BCUT2D eigenvalue weighted by Crippen LogP contribution is -2.06. The largest absolute Gasteiger partial charge is 0.478 e. The zero-order valence-electron chi connectivity index (χ0n) is 10.2. The van der Waals surface area contributed by atoms with Crippen LogP contribution in [0.5, 0.6) is 5.88 Å². The molecule has 16 heavy (non-hydrogen) atoms. The second-order valence-electron chi connectivity index (χ2n) is 3.37. The molecule has 88 valence electrons. The number of allylic oxidation sites excluding steroid dienone is 1. The van der Waals surface area contributed by atoms with Gasteiger partial charge in [-0.3, -0.25) is 0 Å². The van der Waals surface area contributed by atoms with E-state index in [1.54, 1.807) is 0 Å². The molecular weight excluding hydrogens is 202 g/mol. The Bertz CT molecular complexity index is 350. The van der Waals surface area contributed by atoms with Gasteiger partial charge in [-0.15, -0.1) is 0 Å². The summed E-state index contributed by atoms with van der Waals surface area (Å²) in [6.45, 7) is 7.41. The van der Waals surface area contributed by atoms with Crippen LogP contribution in [0, 0.1) is 6.92 Å². The second-order valence-corrected chi connectivity index (χ2v) is 3.37. The SMILES string of the molecule is C/C=C/CCNc1ncnc(OCC)c1C. The summed E-state index contributed by atoms with van der Waals surface area (Å²) in [5.74, 6) is 1.51. The molecular formula is C12H19N3O. The highest BCUT2D eigenvalue weighted by molar-refractivity contribution is 5.47. The van der Waals surface area contributed by atoms with E-state index in [9.17, 15) is 0 Å². The van der Waals surface area contributed by atoms with Crippen molar-refractivity contribution in [1.82, 2.24) is 9.97 Å². The average Bonchev–Trinajstić information content (AvgIpc) is 2.29. The number of aromatic nitrogens is 2. The molecule has 1 rings (SSSR count). The van der Waals surface area contributed by atoms with Crippen molar-refractivity contribution in [2.45, 2.75) is 27.2 Å². The lowest BCUT2D eigenvalue weighted by atomic mass is 10.3. The third-order valence-electron chi connectivity index (χ3n) is 2.16. The van der Waals surface area contributed by atoms with E-state index in [-0.39, 0.29) is 0 Å². The predicted molar refractivity (Wildman–Crippen MR) is 65.9 cm³/mol. The van der Waals surface area contributed by atoms with Crippen molar-refractivity contribution in [3.8, 4) is 5.88 Å². The maximum Gasteiger partial charge on any atom is 0.221 e. The zero-order valence-corrected chi connectivity index (χ0v) is 10.2. The van der Waals surface area contributed by atoms with Gasteiger partial charge in [0.2, 0.25) is 5.88 Å². The van der Waals surface area contributed by atoms with Gasteiger partial charge in [-0.05, 0) is 27.2 Å².